The highest BCUT2D eigenvalue weighted by Crippen LogP contribution is 2.37. The Labute approximate surface area is 121 Å². The minimum atomic E-state index is 0.921. The quantitative estimate of drug-likeness (QED) is 0.635. The lowest BCUT2D eigenvalue weighted by atomic mass is 9.94. The predicted molar refractivity (Wildman–Crippen MR) is 90.0 cm³/mol. The zero-order chi connectivity index (χ0) is 14.1. The maximum atomic E-state index is 5.58. The van der Waals surface area contributed by atoms with Crippen molar-refractivity contribution in [3.05, 3.63) is 60.2 Å². The molecular formula is C18H17OP. The summed E-state index contributed by atoms with van der Waals surface area (Å²) in [5.41, 5.74) is 3.64. The van der Waals surface area contributed by atoms with E-state index >= 15 is 0 Å². The van der Waals surface area contributed by atoms with E-state index in [1.807, 2.05) is 12.1 Å². The molecule has 0 aliphatic rings. The van der Waals surface area contributed by atoms with Gasteiger partial charge in [0.25, 0.3) is 0 Å². The third-order valence-electron chi connectivity index (χ3n) is 3.67. The van der Waals surface area contributed by atoms with Crippen molar-refractivity contribution < 1.29 is 4.74 Å². The van der Waals surface area contributed by atoms with Gasteiger partial charge in [-0.05, 0) is 34.6 Å². The number of methoxy groups -OCH3 is 1. The SMILES string of the molecule is COc1cccc(C)c1-c1c(P)ccc2ccccc12. The van der Waals surface area contributed by atoms with Gasteiger partial charge in [0.1, 0.15) is 5.75 Å². The molecule has 0 aromatic heterocycles. The molecule has 3 aromatic rings. The smallest absolute Gasteiger partial charge is 0.126 e. The van der Waals surface area contributed by atoms with Gasteiger partial charge in [-0.3, -0.25) is 0 Å². The molecule has 0 saturated heterocycles. The molecule has 2 heteroatoms. The van der Waals surface area contributed by atoms with Crippen molar-refractivity contribution >= 4 is 25.3 Å². The Morgan fingerprint density at radius 3 is 2.45 bits per heavy atom. The van der Waals surface area contributed by atoms with E-state index in [1.54, 1.807) is 7.11 Å². The fourth-order valence-corrected chi connectivity index (χ4v) is 3.09. The van der Waals surface area contributed by atoms with Gasteiger partial charge < -0.3 is 4.74 Å². The van der Waals surface area contributed by atoms with Gasteiger partial charge in [-0.25, -0.2) is 0 Å². The number of fused-ring (bicyclic) bond motifs is 1. The Morgan fingerprint density at radius 2 is 1.65 bits per heavy atom. The van der Waals surface area contributed by atoms with E-state index < -0.39 is 0 Å². The van der Waals surface area contributed by atoms with Crippen LogP contribution in [0.3, 0.4) is 0 Å². The van der Waals surface area contributed by atoms with E-state index in [9.17, 15) is 0 Å². The number of benzene rings is 3. The summed E-state index contributed by atoms with van der Waals surface area (Å²) in [6.45, 7) is 2.13. The van der Waals surface area contributed by atoms with Gasteiger partial charge in [0.2, 0.25) is 0 Å². The lowest BCUT2D eigenvalue weighted by Crippen LogP contribution is -2.01. The van der Waals surface area contributed by atoms with Crippen LogP contribution in [0.5, 0.6) is 5.75 Å². The van der Waals surface area contributed by atoms with Crippen LogP contribution in [0.4, 0.5) is 0 Å². The average Bonchev–Trinajstić information content (AvgIpc) is 2.48. The van der Waals surface area contributed by atoms with Crippen LogP contribution >= 0.6 is 9.24 Å². The predicted octanol–water partition coefficient (Wildman–Crippen LogP) is 4.32. The van der Waals surface area contributed by atoms with Crippen molar-refractivity contribution in [2.75, 3.05) is 7.11 Å². The van der Waals surface area contributed by atoms with Crippen molar-refractivity contribution in [2.24, 2.45) is 0 Å². The maximum absolute atomic E-state index is 5.58. The van der Waals surface area contributed by atoms with Crippen LogP contribution in [0.15, 0.2) is 54.6 Å². The molecule has 0 N–H and O–H groups in total. The minimum absolute atomic E-state index is 0.921. The topological polar surface area (TPSA) is 9.23 Å². The summed E-state index contributed by atoms with van der Waals surface area (Å²) in [4.78, 5) is 0. The first kappa shape index (κ1) is 13.1. The lowest BCUT2D eigenvalue weighted by Gasteiger charge is -2.16. The van der Waals surface area contributed by atoms with Gasteiger partial charge >= 0.3 is 0 Å². The Morgan fingerprint density at radius 1 is 0.850 bits per heavy atom. The molecule has 0 amide bonds. The summed E-state index contributed by atoms with van der Waals surface area (Å²) in [5, 5.41) is 3.70. The Hall–Kier alpha value is -1.85. The van der Waals surface area contributed by atoms with Crippen LogP contribution in [0, 0.1) is 6.92 Å². The second kappa shape index (κ2) is 5.26. The normalized spacial score (nSPS) is 10.8. The van der Waals surface area contributed by atoms with Crippen molar-refractivity contribution in [2.45, 2.75) is 6.92 Å². The molecule has 0 aliphatic carbocycles. The summed E-state index contributed by atoms with van der Waals surface area (Å²) < 4.78 is 5.58. The largest absolute Gasteiger partial charge is 0.496 e. The molecule has 0 spiro atoms. The van der Waals surface area contributed by atoms with Gasteiger partial charge in [0.05, 0.1) is 7.11 Å². The number of rotatable bonds is 2. The van der Waals surface area contributed by atoms with Gasteiger partial charge in [0, 0.05) is 11.1 Å². The molecule has 0 saturated carbocycles. The van der Waals surface area contributed by atoms with Crippen LogP contribution in [0.2, 0.25) is 0 Å². The fourth-order valence-electron chi connectivity index (χ4n) is 2.70. The Balaban J connectivity index is 2.44. The van der Waals surface area contributed by atoms with E-state index in [2.05, 4.69) is 58.6 Å². The van der Waals surface area contributed by atoms with Crippen molar-refractivity contribution in [1.82, 2.24) is 0 Å². The van der Waals surface area contributed by atoms with Crippen LogP contribution in [0.25, 0.3) is 21.9 Å². The monoisotopic (exact) mass is 280 g/mol. The standard InChI is InChI=1S/C18H17OP/c1-12-6-5-9-15(19-2)17(12)18-14-8-4-3-7-13(14)10-11-16(18)20/h3-11H,20H2,1-2H3. The first-order valence-electron chi connectivity index (χ1n) is 6.63. The van der Waals surface area contributed by atoms with Crippen molar-refractivity contribution in [3.63, 3.8) is 0 Å². The molecule has 1 atom stereocenters. The summed E-state index contributed by atoms with van der Waals surface area (Å²) in [6.07, 6.45) is 0. The van der Waals surface area contributed by atoms with E-state index in [-0.39, 0.29) is 0 Å². The molecule has 0 aliphatic heterocycles. The Kier molecular flexibility index (Phi) is 3.46. The summed E-state index contributed by atoms with van der Waals surface area (Å²) in [7, 11) is 4.57. The van der Waals surface area contributed by atoms with Crippen LogP contribution in [-0.4, -0.2) is 7.11 Å². The second-order valence-electron chi connectivity index (χ2n) is 4.90. The highest BCUT2D eigenvalue weighted by atomic mass is 31.0. The zero-order valence-corrected chi connectivity index (χ0v) is 12.8. The Bertz CT molecular complexity index is 777. The van der Waals surface area contributed by atoms with Crippen LogP contribution in [0.1, 0.15) is 5.56 Å². The van der Waals surface area contributed by atoms with Gasteiger partial charge in [-0.15, -0.1) is 9.24 Å². The number of aryl methyl sites for hydroxylation is 1. The molecule has 3 rings (SSSR count). The fraction of sp³-hybridized carbons (Fsp3) is 0.111. The van der Waals surface area contributed by atoms with Gasteiger partial charge in [-0.1, -0.05) is 48.5 Å². The minimum Gasteiger partial charge on any atom is -0.496 e. The average molecular weight is 280 g/mol. The molecule has 20 heavy (non-hydrogen) atoms. The molecule has 1 unspecified atom stereocenters. The summed E-state index contributed by atoms with van der Waals surface area (Å²) in [5.74, 6) is 0.921. The first-order valence-corrected chi connectivity index (χ1v) is 7.21. The molecule has 0 radical (unpaired) electrons. The van der Waals surface area contributed by atoms with E-state index in [0.717, 1.165) is 5.75 Å². The highest BCUT2D eigenvalue weighted by Gasteiger charge is 2.14. The number of hydrogen-bond acceptors (Lipinski definition) is 1. The van der Waals surface area contributed by atoms with E-state index in [0.29, 0.717) is 0 Å². The van der Waals surface area contributed by atoms with E-state index in [4.69, 9.17) is 4.74 Å². The van der Waals surface area contributed by atoms with Crippen molar-refractivity contribution in [3.8, 4) is 16.9 Å². The third kappa shape index (κ3) is 2.09. The second-order valence-corrected chi connectivity index (χ2v) is 5.53. The summed E-state index contributed by atoms with van der Waals surface area (Å²) >= 11 is 0. The lowest BCUT2D eigenvalue weighted by molar-refractivity contribution is 0.416. The molecule has 100 valence electrons. The van der Waals surface area contributed by atoms with Gasteiger partial charge in [0.15, 0.2) is 0 Å². The molecule has 0 bridgehead atoms. The molecule has 0 heterocycles. The van der Waals surface area contributed by atoms with Crippen LogP contribution in [-0.2, 0) is 0 Å². The molecule has 3 aromatic carbocycles. The van der Waals surface area contributed by atoms with Crippen LogP contribution < -0.4 is 10.0 Å². The van der Waals surface area contributed by atoms with Gasteiger partial charge in [-0.2, -0.15) is 0 Å². The van der Waals surface area contributed by atoms with E-state index in [1.165, 1.54) is 32.8 Å². The van der Waals surface area contributed by atoms with Crippen molar-refractivity contribution in [1.29, 1.82) is 0 Å². The molecule has 0 fully saturated rings. The number of hydrogen-bond donors (Lipinski definition) is 0. The molecule has 1 nitrogen and oxygen atoms in total. The third-order valence-corrected chi connectivity index (χ3v) is 4.15. The number of ether oxygens (including phenoxy) is 1. The first-order chi connectivity index (χ1) is 9.72. The summed E-state index contributed by atoms with van der Waals surface area (Å²) in [6, 6.07) is 19.0. The zero-order valence-electron chi connectivity index (χ0n) is 11.7. The highest BCUT2D eigenvalue weighted by molar-refractivity contribution is 7.28. The molecular weight excluding hydrogens is 263 g/mol. The maximum Gasteiger partial charge on any atom is 0.126 e.